The van der Waals surface area contributed by atoms with Crippen LogP contribution in [0.2, 0.25) is 10.0 Å². The molecule has 1 saturated carbocycles. The van der Waals surface area contributed by atoms with Crippen molar-refractivity contribution in [3.05, 3.63) is 69.7 Å². The van der Waals surface area contributed by atoms with Gasteiger partial charge < -0.3 is 15.5 Å². The van der Waals surface area contributed by atoms with Crippen molar-refractivity contribution in [2.24, 2.45) is 5.92 Å². The topological polar surface area (TPSA) is 81.8 Å². The van der Waals surface area contributed by atoms with Crippen molar-refractivity contribution in [2.75, 3.05) is 32.7 Å². The van der Waals surface area contributed by atoms with Gasteiger partial charge in [-0.15, -0.1) is 0 Å². The van der Waals surface area contributed by atoms with Crippen LogP contribution in [0.3, 0.4) is 0 Å². The molecule has 3 amide bonds. The molecule has 3 unspecified atom stereocenters. The van der Waals surface area contributed by atoms with E-state index in [1.54, 1.807) is 25.1 Å². The number of rotatable bonds is 8. The standard InChI is InChI=1S/C30H38Cl2N4O3/c1-21(37)34-30(2,25-13-12-24(31)19-26(25)32)29(39)36-16-14-35(15-17-36)27-11-7-6-10-23(27)20-33-28(38)18-22-8-4-3-5-9-22/h3-5,8-9,12-13,19,23,27H,6-7,10-11,14-18,20H2,1-2H3,(H,33,38)(H,34,37). The lowest BCUT2D eigenvalue weighted by atomic mass is 9.83. The number of benzene rings is 2. The molecule has 2 aromatic carbocycles. The molecule has 39 heavy (non-hydrogen) atoms. The summed E-state index contributed by atoms with van der Waals surface area (Å²) >= 11 is 12.6. The highest BCUT2D eigenvalue weighted by atomic mass is 35.5. The highest BCUT2D eigenvalue weighted by molar-refractivity contribution is 6.35. The van der Waals surface area contributed by atoms with E-state index in [0.29, 0.717) is 53.6 Å². The number of hydrogen-bond acceptors (Lipinski definition) is 4. The van der Waals surface area contributed by atoms with E-state index >= 15 is 0 Å². The molecule has 1 heterocycles. The third-order valence-electron chi connectivity index (χ3n) is 8.03. The van der Waals surface area contributed by atoms with Crippen LogP contribution in [-0.4, -0.2) is 66.3 Å². The summed E-state index contributed by atoms with van der Waals surface area (Å²) in [6.07, 6.45) is 4.92. The predicted octanol–water partition coefficient (Wildman–Crippen LogP) is 4.41. The van der Waals surface area contributed by atoms with Crippen LogP contribution in [0.15, 0.2) is 48.5 Å². The van der Waals surface area contributed by atoms with E-state index in [4.69, 9.17) is 23.2 Å². The van der Waals surface area contributed by atoms with Crippen LogP contribution in [0.1, 0.15) is 50.7 Å². The minimum Gasteiger partial charge on any atom is -0.355 e. The van der Waals surface area contributed by atoms with E-state index < -0.39 is 5.54 Å². The molecule has 3 atom stereocenters. The number of piperazine rings is 1. The van der Waals surface area contributed by atoms with Crippen LogP contribution in [-0.2, 0) is 26.3 Å². The smallest absolute Gasteiger partial charge is 0.252 e. The number of carbonyl (C=O) groups excluding carboxylic acids is 3. The lowest BCUT2D eigenvalue weighted by molar-refractivity contribution is -0.143. The molecule has 1 aliphatic heterocycles. The van der Waals surface area contributed by atoms with Gasteiger partial charge in [0.1, 0.15) is 5.54 Å². The maximum absolute atomic E-state index is 13.8. The fraction of sp³-hybridized carbons (Fsp3) is 0.500. The predicted molar refractivity (Wildman–Crippen MR) is 155 cm³/mol. The van der Waals surface area contributed by atoms with E-state index in [1.807, 2.05) is 35.2 Å². The summed E-state index contributed by atoms with van der Waals surface area (Å²) in [5, 5.41) is 6.82. The number of halogens is 2. The Morgan fingerprint density at radius 2 is 1.67 bits per heavy atom. The summed E-state index contributed by atoms with van der Waals surface area (Å²) in [7, 11) is 0. The molecule has 4 rings (SSSR count). The van der Waals surface area contributed by atoms with Crippen LogP contribution in [0.4, 0.5) is 0 Å². The second-order valence-electron chi connectivity index (χ2n) is 10.8. The Labute approximate surface area is 241 Å². The Morgan fingerprint density at radius 1 is 0.974 bits per heavy atom. The number of hydrogen-bond donors (Lipinski definition) is 2. The monoisotopic (exact) mass is 572 g/mol. The van der Waals surface area contributed by atoms with Crippen molar-refractivity contribution >= 4 is 40.9 Å². The van der Waals surface area contributed by atoms with Gasteiger partial charge in [0.25, 0.3) is 5.91 Å². The fourth-order valence-corrected chi connectivity index (χ4v) is 6.65. The zero-order valence-corrected chi connectivity index (χ0v) is 24.2. The number of amides is 3. The van der Waals surface area contributed by atoms with Gasteiger partial charge in [-0.05, 0) is 43.4 Å². The molecule has 0 spiro atoms. The first-order valence-corrected chi connectivity index (χ1v) is 14.5. The van der Waals surface area contributed by atoms with Gasteiger partial charge in [-0.25, -0.2) is 0 Å². The average Bonchev–Trinajstić information content (AvgIpc) is 2.92. The zero-order valence-electron chi connectivity index (χ0n) is 22.7. The van der Waals surface area contributed by atoms with Crippen LogP contribution in [0.5, 0.6) is 0 Å². The quantitative estimate of drug-likeness (QED) is 0.491. The summed E-state index contributed by atoms with van der Waals surface area (Å²) in [5.74, 6) is -0.0536. The van der Waals surface area contributed by atoms with Crippen LogP contribution in [0.25, 0.3) is 0 Å². The van der Waals surface area contributed by atoms with Crippen molar-refractivity contribution in [1.82, 2.24) is 20.4 Å². The van der Waals surface area contributed by atoms with Gasteiger partial charge in [0.2, 0.25) is 11.8 Å². The van der Waals surface area contributed by atoms with Gasteiger partial charge in [-0.3, -0.25) is 19.3 Å². The second kappa shape index (κ2) is 13.2. The average molecular weight is 574 g/mol. The summed E-state index contributed by atoms with van der Waals surface area (Å²) in [6.45, 7) is 6.38. The maximum Gasteiger partial charge on any atom is 0.252 e. The summed E-state index contributed by atoms with van der Waals surface area (Å²) in [6, 6.07) is 15.1. The molecule has 2 fully saturated rings. The molecule has 0 bridgehead atoms. The van der Waals surface area contributed by atoms with Gasteiger partial charge in [0.05, 0.1) is 6.42 Å². The summed E-state index contributed by atoms with van der Waals surface area (Å²) in [4.78, 5) is 42.8. The van der Waals surface area contributed by atoms with Gasteiger partial charge in [-0.1, -0.05) is 72.4 Å². The number of nitrogens with one attached hydrogen (secondary N) is 2. The molecule has 0 aromatic heterocycles. The van der Waals surface area contributed by atoms with Crippen molar-refractivity contribution in [3.63, 3.8) is 0 Å². The minimum atomic E-state index is -1.30. The van der Waals surface area contributed by atoms with E-state index in [2.05, 4.69) is 15.5 Å². The SMILES string of the molecule is CC(=O)NC(C)(C(=O)N1CCN(C2CCCCC2CNC(=O)Cc2ccccc2)CC1)c1ccc(Cl)cc1Cl. The Kier molecular flexibility index (Phi) is 9.91. The second-order valence-corrected chi connectivity index (χ2v) is 11.7. The van der Waals surface area contributed by atoms with E-state index in [-0.39, 0.29) is 17.7 Å². The number of carbonyl (C=O) groups is 3. The minimum absolute atomic E-state index is 0.0547. The lowest BCUT2D eigenvalue weighted by Crippen LogP contribution is -2.61. The molecule has 7 nitrogen and oxygen atoms in total. The largest absolute Gasteiger partial charge is 0.355 e. The fourth-order valence-electron chi connectivity index (χ4n) is 6.05. The third-order valence-corrected chi connectivity index (χ3v) is 8.58. The molecule has 1 aliphatic carbocycles. The van der Waals surface area contributed by atoms with Crippen LogP contribution in [0, 0.1) is 5.92 Å². The van der Waals surface area contributed by atoms with Crippen molar-refractivity contribution in [1.29, 1.82) is 0 Å². The van der Waals surface area contributed by atoms with Crippen LogP contribution < -0.4 is 10.6 Å². The van der Waals surface area contributed by atoms with Gasteiger partial charge >= 0.3 is 0 Å². The Bertz CT molecular complexity index is 1170. The molecule has 1 saturated heterocycles. The van der Waals surface area contributed by atoms with Gasteiger partial charge in [0.15, 0.2) is 0 Å². The molecule has 2 aliphatic rings. The molecular weight excluding hydrogens is 535 g/mol. The first-order valence-electron chi connectivity index (χ1n) is 13.8. The molecule has 0 radical (unpaired) electrons. The van der Waals surface area contributed by atoms with E-state index in [1.165, 1.54) is 19.8 Å². The molecule has 2 N–H and O–H groups in total. The highest BCUT2D eigenvalue weighted by Gasteiger charge is 2.42. The first kappa shape index (κ1) is 29.4. The number of nitrogens with zero attached hydrogens (tertiary/aromatic N) is 2. The van der Waals surface area contributed by atoms with Crippen molar-refractivity contribution < 1.29 is 14.4 Å². The highest BCUT2D eigenvalue weighted by Crippen LogP contribution is 2.33. The zero-order chi connectivity index (χ0) is 28.0. The lowest BCUT2D eigenvalue weighted by Gasteiger charge is -2.46. The molecule has 2 aromatic rings. The van der Waals surface area contributed by atoms with E-state index in [9.17, 15) is 14.4 Å². The normalized spacial score (nSPS) is 21.6. The van der Waals surface area contributed by atoms with Crippen molar-refractivity contribution in [2.45, 2.75) is 57.5 Å². The summed E-state index contributed by atoms with van der Waals surface area (Å²) in [5.41, 5.74) is 0.239. The Balaban J connectivity index is 1.37. The molecule has 210 valence electrons. The van der Waals surface area contributed by atoms with Gasteiger partial charge in [0, 0.05) is 61.3 Å². The van der Waals surface area contributed by atoms with Crippen LogP contribution >= 0.6 is 23.2 Å². The molecular formula is C30H38Cl2N4O3. The van der Waals surface area contributed by atoms with E-state index in [0.717, 1.165) is 31.5 Å². The Hall–Kier alpha value is -2.61. The maximum atomic E-state index is 13.8. The van der Waals surface area contributed by atoms with Crippen molar-refractivity contribution in [3.8, 4) is 0 Å². The molecule has 9 heteroatoms. The first-order chi connectivity index (χ1) is 18.7. The van der Waals surface area contributed by atoms with Gasteiger partial charge in [-0.2, -0.15) is 0 Å². The third kappa shape index (κ3) is 7.33. The Morgan fingerprint density at radius 3 is 2.33 bits per heavy atom. The summed E-state index contributed by atoms with van der Waals surface area (Å²) < 4.78 is 0.